The van der Waals surface area contributed by atoms with Gasteiger partial charge in [-0.2, -0.15) is 0 Å². The number of amides is 1. The van der Waals surface area contributed by atoms with Gasteiger partial charge in [-0.3, -0.25) is 9.69 Å². The Bertz CT molecular complexity index is 558. The molecule has 1 atom stereocenters. The van der Waals surface area contributed by atoms with Crippen LogP contribution in [0.5, 0.6) is 0 Å². The molecule has 0 N–H and O–H groups in total. The molecule has 0 aromatic carbocycles. The topological polar surface area (TPSA) is 58.8 Å². The lowest BCUT2D eigenvalue weighted by Gasteiger charge is -2.38. The van der Waals surface area contributed by atoms with Gasteiger partial charge in [-0.05, 0) is 19.4 Å². The van der Waals surface area contributed by atoms with Gasteiger partial charge in [0.2, 0.25) is 11.8 Å². The first-order valence-corrected chi connectivity index (χ1v) is 9.01. The summed E-state index contributed by atoms with van der Waals surface area (Å²) in [5, 5.41) is 0. The second-order valence-corrected chi connectivity index (χ2v) is 7.79. The molecule has 6 nitrogen and oxygen atoms in total. The van der Waals surface area contributed by atoms with Crippen LogP contribution in [0.2, 0.25) is 0 Å². The molecule has 0 aliphatic carbocycles. The number of nitrogens with zero attached hydrogens (tertiary/aromatic N) is 3. The van der Waals surface area contributed by atoms with Crippen molar-refractivity contribution in [3.05, 3.63) is 17.8 Å². The molecule has 24 heavy (non-hydrogen) atoms. The number of carbonyl (C=O) groups excluding carboxylic acids is 1. The highest BCUT2D eigenvalue weighted by atomic mass is 16.5. The van der Waals surface area contributed by atoms with Crippen molar-refractivity contribution in [2.45, 2.75) is 58.0 Å². The number of aromatic nitrogens is 1. The quantitative estimate of drug-likeness (QED) is 0.847. The Labute approximate surface area is 144 Å². The van der Waals surface area contributed by atoms with E-state index in [2.05, 4.69) is 30.7 Å². The summed E-state index contributed by atoms with van der Waals surface area (Å²) in [5.41, 5.74) is -0.0455. The number of oxazole rings is 1. The fraction of sp³-hybridized carbons (Fsp3) is 0.778. The number of rotatable bonds is 3. The van der Waals surface area contributed by atoms with E-state index in [4.69, 9.17) is 9.15 Å². The average Bonchev–Trinajstić information content (AvgIpc) is 3.04. The lowest BCUT2D eigenvalue weighted by atomic mass is 9.94. The van der Waals surface area contributed by atoms with E-state index in [-0.39, 0.29) is 17.4 Å². The molecule has 2 aliphatic rings. The molecule has 0 bridgehead atoms. The molecule has 2 aliphatic heterocycles. The predicted octanol–water partition coefficient (Wildman–Crippen LogP) is 2.19. The number of ether oxygens (including phenoxy) is 1. The van der Waals surface area contributed by atoms with E-state index >= 15 is 0 Å². The Morgan fingerprint density at radius 1 is 1.25 bits per heavy atom. The zero-order chi connectivity index (χ0) is 17.2. The van der Waals surface area contributed by atoms with Gasteiger partial charge in [-0.15, -0.1) is 0 Å². The first kappa shape index (κ1) is 17.4. The fourth-order valence-corrected chi connectivity index (χ4v) is 3.36. The van der Waals surface area contributed by atoms with Crippen molar-refractivity contribution in [3.8, 4) is 0 Å². The molecule has 3 rings (SSSR count). The van der Waals surface area contributed by atoms with Crippen molar-refractivity contribution in [1.29, 1.82) is 0 Å². The van der Waals surface area contributed by atoms with Crippen molar-refractivity contribution in [3.63, 3.8) is 0 Å². The minimum absolute atomic E-state index is 0.0455. The van der Waals surface area contributed by atoms with E-state index in [9.17, 15) is 4.79 Å². The van der Waals surface area contributed by atoms with Crippen LogP contribution in [0.4, 0.5) is 0 Å². The summed E-state index contributed by atoms with van der Waals surface area (Å²) < 4.78 is 11.3. The molecule has 0 unspecified atom stereocenters. The van der Waals surface area contributed by atoms with Gasteiger partial charge < -0.3 is 14.1 Å². The van der Waals surface area contributed by atoms with E-state index in [0.29, 0.717) is 38.7 Å². The number of piperidine rings is 1. The molecule has 1 aromatic heterocycles. The number of morpholine rings is 1. The minimum Gasteiger partial charge on any atom is -0.444 e. The Morgan fingerprint density at radius 3 is 2.67 bits per heavy atom. The summed E-state index contributed by atoms with van der Waals surface area (Å²) in [6.45, 7) is 10.6. The van der Waals surface area contributed by atoms with Crippen LogP contribution in [0.3, 0.4) is 0 Å². The monoisotopic (exact) mass is 335 g/mol. The lowest BCUT2D eigenvalue weighted by molar-refractivity contribution is -0.142. The van der Waals surface area contributed by atoms with Crippen molar-refractivity contribution < 1.29 is 13.9 Å². The van der Waals surface area contributed by atoms with Crippen LogP contribution in [0.1, 0.15) is 51.7 Å². The highest BCUT2D eigenvalue weighted by Crippen LogP contribution is 2.25. The zero-order valence-electron chi connectivity index (χ0n) is 15.1. The molecular weight excluding hydrogens is 306 g/mol. The molecule has 1 amide bonds. The van der Waals surface area contributed by atoms with Gasteiger partial charge in [0.25, 0.3) is 0 Å². The summed E-state index contributed by atoms with van der Waals surface area (Å²) in [4.78, 5) is 21.5. The van der Waals surface area contributed by atoms with Crippen molar-refractivity contribution in [2.75, 3.05) is 32.8 Å². The maximum Gasteiger partial charge on any atom is 0.240 e. The number of likely N-dealkylation sites (tertiary alicyclic amines) is 1. The molecule has 6 heteroatoms. The minimum atomic E-state index is -0.0539. The standard InChI is InChI=1S/C18H29N3O3/c1-18(2,3)15-12-19-16(24-15)13-21-7-5-4-6-14(21)17(22)20-8-10-23-11-9-20/h12,14H,4-11,13H2,1-3H3/t14-/m1/s1. The zero-order valence-corrected chi connectivity index (χ0v) is 15.1. The van der Waals surface area contributed by atoms with Crippen LogP contribution in [0.25, 0.3) is 0 Å². The van der Waals surface area contributed by atoms with E-state index in [1.807, 2.05) is 11.1 Å². The Hall–Kier alpha value is -1.40. The van der Waals surface area contributed by atoms with Gasteiger partial charge in [-0.1, -0.05) is 27.2 Å². The Kier molecular flexibility index (Phi) is 5.25. The van der Waals surface area contributed by atoms with Crippen molar-refractivity contribution in [1.82, 2.24) is 14.8 Å². The Balaban J connectivity index is 1.68. The van der Waals surface area contributed by atoms with E-state index < -0.39 is 0 Å². The molecule has 134 valence electrons. The maximum atomic E-state index is 12.9. The van der Waals surface area contributed by atoms with Crippen LogP contribution in [-0.2, 0) is 21.5 Å². The summed E-state index contributed by atoms with van der Waals surface area (Å²) in [6.07, 6.45) is 4.97. The summed E-state index contributed by atoms with van der Waals surface area (Å²) in [6, 6.07) is -0.0539. The van der Waals surface area contributed by atoms with E-state index in [1.54, 1.807) is 0 Å². The largest absolute Gasteiger partial charge is 0.444 e. The summed E-state index contributed by atoms with van der Waals surface area (Å²) in [7, 11) is 0. The average molecular weight is 335 g/mol. The number of carbonyl (C=O) groups is 1. The number of hydrogen-bond donors (Lipinski definition) is 0. The van der Waals surface area contributed by atoms with Crippen molar-refractivity contribution in [2.24, 2.45) is 0 Å². The third kappa shape index (κ3) is 3.98. The molecule has 1 aromatic rings. The van der Waals surface area contributed by atoms with E-state index in [1.165, 1.54) is 0 Å². The van der Waals surface area contributed by atoms with Crippen molar-refractivity contribution >= 4 is 5.91 Å². The van der Waals surface area contributed by atoms with Crippen LogP contribution in [0.15, 0.2) is 10.6 Å². The highest BCUT2D eigenvalue weighted by molar-refractivity contribution is 5.82. The molecule has 2 saturated heterocycles. The van der Waals surface area contributed by atoms with Gasteiger partial charge in [0.15, 0.2) is 0 Å². The van der Waals surface area contributed by atoms with Crippen LogP contribution < -0.4 is 0 Å². The van der Waals surface area contributed by atoms with Crippen LogP contribution in [-0.4, -0.2) is 59.6 Å². The maximum absolute atomic E-state index is 12.9. The number of hydrogen-bond acceptors (Lipinski definition) is 5. The molecule has 3 heterocycles. The first-order chi connectivity index (χ1) is 11.4. The van der Waals surface area contributed by atoms with Gasteiger partial charge in [0.05, 0.1) is 32.0 Å². The van der Waals surface area contributed by atoms with Gasteiger partial charge in [0, 0.05) is 18.5 Å². The first-order valence-electron chi connectivity index (χ1n) is 9.01. The Morgan fingerprint density at radius 2 is 2.00 bits per heavy atom. The molecule has 2 fully saturated rings. The molecule has 0 spiro atoms. The molecular formula is C18H29N3O3. The van der Waals surface area contributed by atoms with E-state index in [0.717, 1.165) is 31.6 Å². The smallest absolute Gasteiger partial charge is 0.240 e. The molecule has 0 radical (unpaired) electrons. The van der Waals surface area contributed by atoms with Gasteiger partial charge in [0.1, 0.15) is 5.76 Å². The SMILES string of the molecule is CC(C)(C)c1cnc(CN2CCCC[C@@H]2C(=O)N2CCOCC2)o1. The third-order valence-electron chi connectivity index (χ3n) is 4.85. The normalized spacial score (nSPS) is 23.5. The highest BCUT2D eigenvalue weighted by Gasteiger charge is 2.33. The van der Waals surface area contributed by atoms with Crippen LogP contribution >= 0.6 is 0 Å². The molecule has 0 saturated carbocycles. The van der Waals surface area contributed by atoms with Gasteiger partial charge in [-0.25, -0.2) is 4.98 Å². The predicted molar refractivity (Wildman–Crippen MR) is 90.7 cm³/mol. The lowest BCUT2D eigenvalue weighted by Crippen LogP contribution is -2.53. The second kappa shape index (κ2) is 7.23. The fourth-order valence-electron chi connectivity index (χ4n) is 3.36. The third-order valence-corrected chi connectivity index (χ3v) is 4.85. The van der Waals surface area contributed by atoms with Gasteiger partial charge >= 0.3 is 0 Å². The summed E-state index contributed by atoms with van der Waals surface area (Å²) in [5.74, 6) is 1.84. The second-order valence-electron chi connectivity index (χ2n) is 7.79. The summed E-state index contributed by atoms with van der Waals surface area (Å²) >= 11 is 0. The van der Waals surface area contributed by atoms with Crippen LogP contribution in [0, 0.1) is 0 Å².